The van der Waals surface area contributed by atoms with Gasteiger partial charge in [0, 0.05) is 12.2 Å². The quantitative estimate of drug-likeness (QED) is 0.372. The minimum Gasteiger partial charge on any atom is -0.305 e. The monoisotopic (exact) mass is 513 g/mol. The maximum absolute atomic E-state index is 13.4. The van der Waals surface area contributed by atoms with Crippen molar-refractivity contribution in [3.63, 3.8) is 0 Å². The Labute approximate surface area is 200 Å². The first-order valence-corrected chi connectivity index (χ1v) is 15.6. The van der Waals surface area contributed by atoms with Gasteiger partial charge in [0.1, 0.15) is 15.4 Å². The molecule has 1 atom stereocenters. The fraction of sp³-hybridized carbons (Fsp3) is 0.565. The number of hydrogen-bond acceptors (Lipinski definition) is 8. The van der Waals surface area contributed by atoms with E-state index < -0.39 is 17.4 Å². The molecule has 0 amide bonds. The molecule has 1 aromatic heterocycles. The Bertz CT molecular complexity index is 1080. The first kappa shape index (κ1) is 26.2. The topological polar surface area (TPSA) is 99.6 Å². The van der Waals surface area contributed by atoms with Crippen LogP contribution in [0.3, 0.4) is 0 Å². The number of hydrogen-bond donors (Lipinski definition) is 0. The van der Waals surface area contributed by atoms with E-state index in [1.165, 1.54) is 36.6 Å². The molecule has 0 spiro atoms. The fourth-order valence-electron chi connectivity index (χ4n) is 4.27. The summed E-state index contributed by atoms with van der Waals surface area (Å²) in [4.78, 5) is 18.0. The average Bonchev–Trinajstić information content (AvgIpc) is 3.44. The lowest BCUT2D eigenvalue weighted by molar-refractivity contribution is -0.120. The normalized spacial score (nSPS) is 16.2. The van der Waals surface area contributed by atoms with Crippen LogP contribution in [0.5, 0.6) is 0 Å². The lowest BCUT2D eigenvalue weighted by Crippen LogP contribution is -2.18. The number of aromatic nitrogens is 1. The minimum absolute atomic E-state index is 0.0255. The van der Waals surface area contributed by atoms with Crippen molar-refractivity contribution in [1.82, 2.24) is 4.98 Å². The van der Waals surface area contributed by atoms with E-state index >= 15 is 0 Å². The van der Waals surface area contributed by atoms with Crippen LogP contribution in [0.25, 0.3) is 0 Å². The van der Waals surface area contributed by atoms with Crippen molar-refractivity contribution in [2.24, 2.45) is 5.92 Å². The SMILES string of the molecule is CCOP(=O)(OCC)c1cnc(CC(=O)[C@H](CC2CCCC2)c2ccc(S(C)(=O)=O)cc2)s1. The molecule has 1 fully saturated rings. The largest absolute Gasteiger partial charge is 0.372 e. The second-order valence-electron chi connectivity index (χ2n) is 8.35. The minimum atomic E-state index is -3.43. The molecule has 10 heteroatoms. The highest BCUT2D eigenvalue weighted by Crippen LogP contribution is 2.48. The number of nitrogens with zero attached hydrogens (tertiary/aromatic N) is 1. The molecule has 182 valence electrons. The summed E-state index contributed by atoms with van der Waals surface area (Å²) in [5.74, 6) is 0.175. The molecule has 7 nitrogen and oxygen atoms in total. The first-order valence-electron chi connectivity index (χ1n) is 11.3. The lowest BCUT2D eigenvalue weighted by Gasteiger charge is -2.20. The Morgan fingerprint density at radius 2 is 1.76 bits per heavy atom. The Balaban J connectivity index is 1.82. The van der Waals surface area contributed by atoms with E-state index in [4.69, 9.17) is 9.05 Å². The summed E-state index contributed by atoms with van der Waals surface area (Å²) in [6.45, 7) is 3.99. The molecule has 0 unspecified atom stereocenters. The van der Waals surface area contributed by atoms with Crippen molar-refractivity contribution in [2.45, 2.75) is 63.2 Å². The lowest BCUT2D eigenvalue weighted by atomic mass is 9.84. The summed E-state index contributed by atoms with van der Waals surface area (Å²) < 4.78 is 47.8. The molecule has 2 aromatic rings. The third-order valence-electron chi connectivity index (χ3n) is 5.88. The predicted octanol–water partition coefficient (Wildman–Crippen LogP) is 4.91. The van der Waals surface area contributed by atoms with E-state index in [1.54, 1.807) is 38.1 Å². The van der Waals surface area contributed by atoms with E-state index in [9.17, 15) is 17.8 Å². The van der Waals surface area contributed by atoms with E-state index in [0.29, 0.717) is 15.5 Å². The van der Waals surface area contributed by atoms with Gasteiger partial charge in [-0.25, -0.2) is 13.4 Å². The molecule has 0 N–H and O–H groups in total. The van der Waals surface area contributed by atoms with Gasteiger partial charge >= 0.3 is 7.60 Å². The third-order valence-corrected chi connectivity index (χ3v) is 10.6. The third kappa shape index (κ3) is 6.83. The highest BCUT2D eigenvalue weighted by molar-refractivity contribution is 7.90. The van der Waals surface area contributed by atoms with Gasteiger partial charge in [-0.15, -0.1) is 11.3 Å². The van der Waals surface area contributed by atoms with Crippen LogP contribution in [-0.4, -0.2) is 38.7 Å². The Hall–Kier alpha value is -1.38. The van der Waals surface area contributed by atoms with Gasteiger partial charge in [0.25, 0.3) is 0 Å². The second kappa shape index (κ2) is 11.4. The molecule has 0 aliphatic heterocycles. The van der Waals surface area contributed by atoms with E-state index in [0.717, 1.165) is 24.8 Å². The second-order valence-corrected chi connectivity index (χ2v) is 13.8. The average molecular weight is 514 g/mol. The van der Waals surface area contributed by atoms with Crippen LogP contribution in [-0.2, 0) is 34.7 Å². The molecule has 1 saturated carbocycles. The summed E-state index contributed by atoms with van der Waals surface area (Å²) in [6, 6.07) is 6.64. The van der Waals surface area contributed by atoms with Crippen LogP contribution < -0.4 is 4.62 Å². The summed E-state index contributed by atoms with van der Waals surface area (Å²) in [5.41, 5.74) is 0.824. The van der Waals surface area contributed by atoms with Gasteiger partial charge in [-0.05, 0) is 43.9 Å². The number of ketones is 1. The van der Waals surface area contributed by atoms with Crippen molar-refractivity contribution in [1.29, 1.82) is 0 Å². The number of carbonyl (C=O) groups is 1. The maximum atomic E-state index is 13.4. The molecule has 1 aromatic carbocycles. The highest BCUT2D eigenvalue weighted by Gasteiger charge is 2.31. The maximum Gasteiger partial charge on any atom is 0.372 e. The fourth-order valence-corrected chi connectivity index (χ4v) is 7.85. The van der Waals surface area contributed by atoms with Crippen LogP contribution in [0.2, 0.25) is 0 Å². The molecule has 0 radical (unpaired) electrons. The van der Waals surface area contributed by atoms with Gasteiger partial charge in [-0.2, -0.15) is 0 Å². The van der Waals surface area contributed by atoms with Crippen molar-refractivity contribution in [2.75, 3.05) is 19.5 Å². The van der Waals surface area contributed by atoms with Gasteiger partial charge in [0.15, 0.2) is 9.84 Å². The van der Waals surface area contributed by atoms with Crippen molar-refractivity contribution in [3.05, 3.63) is 41.0 Å². The molecule has 1 aliphatic carbocycles. The molecule has 3 rings (SSSR count). The highest BCUT2D eigenvalue weighted by atomic mass is 32.2. The first-order chi connectivity index (χ1) is 15.7. The summed E-state index contributed by atoms with van der Waals surface area (Å²) >= 11 is 1.18. The summed E-state index contributed by atoms with van der Waals surface area (Å²) in [7, 11) is -6.73. The Morgan fingerprint density at radius 3 is 2.30 bits per heavy atom. The van der Waals surface area contributed by atoms with Crippen molar-refractivity contribution >= 4 is 39.2 Å². The van der Waals surface area contributed by atoms with Gasteiger partial charge in [-0.3, -0.25) is 9.36 Å². The van der Waals surface area contributed by atoms with E-state index in [2.05, 4.69) is 4.98 Å². The number of carbonyl (C=O) groups excluding carboxylic acids is 1. The van der Waals surface area contributed by atoms with E-state index in [-0.39, 0.29) is 36.2 Å². The number of rotatable bonds is 12. The molecular formula is C23H32NO6PS2. The van der Waals surface area contributed by atoms with Crippen LogP contribution in [0.1, 0.15) is 62.4 Å². The molecular weight excluding hydrogens is 481 g/mol. The smallest absolute Gasteiger partial charge is 0.305 e. The number of thiazole rings is 1. The summed E-state index contributed by atoms with van der Waals surface area (Å²) in [6.07, 6.45) is 8.09. The zero-order valence-electron chi connectivity index (χ0n) is 19.4. The molecule has 0 bridgehead atoms. The van der Waals surface area contributed by atoms with Crippen LogP contribution in [0, 0.1) is 5.92 Å². The molecule has 1 aliphatic rings. The molecule has 0 saturated heterocycles. The number of benzene rings is 1. The molecule has 33 heavy (non-hydrogen) atoms. The van der Waals surface area contributed by atoms with Gasteiger partial charge in [-0.1, -0.05) is 37.8 Å². The van der Waals surface area contributed by atoms with Crippen molar-refractivity contribution in [3.8, 4) is 0 Å². The van der Waals surface area contributed by atoms with E-state index in [1.807, 2.05) is 0 Å². The Morgan fingerprint density at radius 1 is 1.15 bits per heavy atom. The van der Waals surface area contributed by atoms with Crippen LogP contribution >= 0.6 is 18.9 Å². The zero-order chi connectivity index (χ0) is 24.1. The van der Waals surface area contributed by atoms with Gasteiger partial charge < -0.3 is 9.05 Å². The van der Waals surface area contributed by atoms with Crippen LogP contribution in [0.15, 0.2) is 35.4 Å². The number of sulfone groups is 1. The number of Topliss-reactive ketones (excluding diaryl/α,β-unsaturated/α-hetero) is 1. The van der Waals surface area contributed by atoms with Crippen molar-refractivity contribution < 1.29 is 26.8 Å². The van der Waals surface area contributed by atoms with Crippen LogP contribution in [0.4, 0.5) is 0 Å². The predicted molar refractivity (Wildman–Crippen MR) is 130 cm³/mol. The molecule has 1 heterocycles. The van der Waals surface area contributed by atoms with Gasteiger partial charge in [0.2, 0.25) is 0 Å². The Kier molecular flexibility index (Phi) is 9.03. The standard InChI is InChI=1S/C23H32NO6PS2/c1-4-29-31(26,30-5-2)23-16-24-22(32-23)15-21(25)20(14-17-8-6-7-9-17)18-10-12-19(13-11-18)33(3,27)28/h10-13,16-17,20H,4-9,14-15H2,1-3H3/t20-/m1/s1. The zero-order valence-corrected chi connectivity index (χ0v) is 21.9. The van der Waals surface area contributed by atoms with Gasteiger partial charge in [0.05, 0.1) is 30.7 Å². The summed E-state index contributed by atoms with van der Waals surface area (Å²) in [5, 5.41) is 0.568.